The van der Waals surface area contributed by atoms with E-state index >= 15 is 0 Å². The van der Waals surface area contributed by atoms with E-state index < -0.39 is 12.1 Å². The summed E-state index contributed by atoms with van der Waals surface area (Å²) in [6, 6.07) is -0.510. The second kappa shape index (κ2) is 3.69. The lowest BCUT2D eigenvalue weighted by molar-refractivity contribution is 0.128. The zero-order valence-corrected chi connectivity index (χ0v) is 7.32. The van der Waals surface area contributed by atoms with Gasteiger partial charge in [-0.2, -0.15) is 0 Å². The van der Waals surface area contributed by atoms with Crippen molar-refractivity contribution < 1.29 is 9.52 Å². The maximum atomic E-state index is 9.36. The number of aliphatic hydroxyl groups is 1. The number of hydrogen-bond acceptors (Lipinski definition) is 4. The summed E-state index contributed by atoms with van der Waals surface area (Å²) in [4.78, 5) is 4.03. The first-order valence-corrected chi connectivity index (χ1v) is 4.00. The Balaban J connectivity index is 2.70. The first-order chi connectivity index (χ1) is 5.65. The second-order valence-corrected chi connectivity index (χ2v) is 2.83. The summed E-state index contributed by atoms with van der Waals surface area (Å²) in [6.07, 6.45) is 1.54. The molecule has 1 aromatic rings. The molecular weight excluding hydrogens is 156 g/mol. The summed E-state index contributed by atoms with van der Waals surface area (Å²) in [6.45, 7) is 3.68. The third-order valence-corrected chi connectivity index (χ3v) is 1.75. The molecule has 0 saturated heterocycles. The maximum Gasteiger partial charge on any atom is 0.213 e. The van der Waals surface area contributed by atoms with E-state index in [1.54, 1.807) is 0 Å². The smallest absolute Gasteiger partial charge is 0.213 e. The highest BCUT2D eigenvalue weighted by atomic mass is 16.3. The topological polar surface area (TPSA) is 72.3 Å². The molecular formula is C8H14N2O2. The third kappa shape index (κ3) is 1.84. The summed E-state index contributed by atoms with van der Waals surface area (Å²) in [5.74, 6) is 0.404. The largest absolute Gasteiger partial charge is 0.447 e. The number of aromatic nitrogens is 1. The summed E-state index contributed by atoms with van der Waals surface area (Å²) >= 11 is 0. The molecule has 4 nitrogen and oxygen atoms in total. The van der Waals surface area contributed by atoms with Crippen LogP contribution in [0.4, 0.5) is 0 Å². The maximum absolute atomic E-state index is 9.36. The van der Waals surface area contributed by atoms with Crippen LogP contribution in [0.15, 0.2) is 10.7 Å². The molecule has 1 heterocycles. The van der Waals surface area contributed by atoms with Crippen LogP contribution in [0.1, 0.15) is 31.0 Å². The van der Waals surface area contributed by atoms with Gasteiger partial charge in [-0.05, 0) is 13.3 Å². The Kier molecular flexibility index (Phi) is 2.83. The van der Waals surface area contributed by atoms with Gasteiger partial charge >= 0.3 is 0 Å². The van der Waals surface area contributed by atoms with E-state index in [2.05, 4.69) is 4.98 Å². The molecule has 2 unspecified atom stereocenters. The van der Waals surface area contributed by atoms with Crippen LogP contribution in [-0.2, 0) is 0 Å². The number of hydrogen-bond donors (Lipinski definition) is 2. The van der Waals surface area contributed by atoms with Crippen molar-refractivity contribution in [3.63, 3.8) is 0 Å². The lowest BCUT2D eigenvalue weighted by Crippen LogP contribution is -2.25. The zero-order valence-electron chi connectivity index (χ0n) is 7.32. The third-order valence-electron chi connectivity index (χ3n) is 1.75. The van der Waals surface area contributed by atoms with Crippen molar-refractivity contribution in [3.8, 4) is 0 Å². The second-order valence-electron chi connectivity index (χ2n) is 2.83. The summed E-state index contributed by atoms with van der Waals surface area (Å²) < 4.78 is 5.05. The molecule has 68 valence electrons. The van der Waals surface area contributed by atoms with Crippen molar-refractivity contribution >= 4 is 0 Å². The molecule has 12 heavy (non-hydrogen) atoms. The average Bonchev–Trinajstić information content (AvgIpc) is 2.49. The molecule has 0 aliphatic carbocycles. The summed E-state index contributed by atoms with van der Waals surface area (Å²) in [5, 5.41) is 9.36. The van der Waals surface area contributed by atoms with Gasteiger partial charge in [-0.25, -0.2) is 4.98 Å². The van der Waals surface area contributed by atoms with Crippen LogP contribution in [0, 0.1) is 6.92 Å². The molecule has 0 aliphatic rings. The molecule has 0 saturated carbocycles. The van der Waals surface area contributed by atoms with Crippen molar-refractivity contribution in [2.24, 2.45) is 5.73 Å². The number of nitrogens with two attached hydrogens (primary N) is 1. The van der Waals surface area contributed by atoms with E-state index in [9.17, 15) is 5.11 Å². The Bertz CT molecular complexity index is 247. The Labute approximate surface area is 71.4 Å². The van der Waals surface area contributed by atoms with Crippen molar-refractivity contribution in [3.05, 3.63) is 17.8 Å². The van der Waals surface area contributed by atoms with Crippen molar-refractivity contribution in [2.45, 2.75) is 32.4 Å². The summed E-state index contributed by atoms with van der Waals surface area (Å²) in [7, 11) is 0. The molecule has 2 atom stereocenters. The molecule has 0 amide bonds. The number of aryl methyl sites for hydroxylation is 1. The van der Waals surface area contributed by atoms with Gasteiger partial charge in [-0.1, -0.05) is 6.92 Å². The van der Waals surface area contributed by atoms with E-state index in [1.165, 1.54) is 6.26 Å². The molecule has 3 N–H and O–H groups in total. The van der Waals surface area contributed by atoms with Crippen molar-refractivity contribution in [1.82, 2.24) is 4.98 Å². The number of oxazole rings is 1. The van der Waals surface area contributed by atoms with Gasteiger partial charge in [0, 0.05) is 0 Å². The molecule has 0 aromatic carbocycles. The van der Waals surface area contributed by atoms with Gasteiger partial charge in [0.25, 0.3) is 0 Å². The Morgan fingerprint density at radius 3 is 2.83 bits per heavy atom. The molecule has 0 fully saturated rings. The fraction of sp³-hybridized carbons (Fsp3) is 0.625. The SMILES string of the molecule is CCC(O)C(N)c1nc(C)co1. The fourth-order valence-electron chi connectivity index (χ4n) is 0.944. The van der Waals surface area contributed by atoms with Gasteiger partial charge in [0.05, 0.1) is 11.8 Å². The Morgan fingerprint density at radius 1 is 1.75 bits per heavy atom. The number of aliphatic hydroxyl groups excluding tert-OH is 1. The van der Waals surface area contributed by atoms with Gasteiger partial charge in [-0.3, -0.25) is 0 Å². The van der Waals surface area contributed by atoms with Crippen LogP contribution >= 0.6 is 0 Å². The van der Waals surface area contributed by atoms with Gasteiger partial charge in [0.15, 0.2) is 0 Å². The van der Waals surface area contributed by atoms with Crippen LogP contribution in [0.5, 0.6) is 0 Å². The van der Waals surface area contributed by atoms with E-state index in [4.69, 9.17) is 10.2 Å². The van der Waals surface area contributed by atoms with Crippen LogP contribution < -0.4 is 5.73 Å². The Hall–Kier alpha value is -0.870. The van der Waals surface area contributed by atoms with E-state index in [0.29, 0.717) is 12.3 Å². The molecule has 0 radical (unpaired) electrons. The van der Waals surface area contributed by atoms with Crippen molar-refractivity contribution in [2.75, 3.05) is 0 Å². The molecule has 0 aliphatic heterocycles. The minimum atomic E-state index is -0.581. The first-order valence-electron chi connectivity index (χ1n) is 4.00. The monoisotopic (exact) mass is 170 g/mol. The van der Waals surface area contributed by atoms with Crippen LogP contribution in [0.3, 0.4) is 0 Å². The van der Waals surface area contributed by atoms with Crippen LogP contribution in [0.2, 0.25) is 0 Å². The normalized spacial score (nSPS) is 16.0. The van der Waals surface area contributed by atoms with Gasteiger partial charge in [-0.15, -0.1) is 0 Å². The van der Waals surface area contributed by atoms with Crippen LogP contribution in [0.25, 0.3) is 0 Å². The highest BCUT2D eigenvalue weighted by Crippen LogP contribution is 2.15. The number of rotatable bonds is 3. The molecule has 0 spiro atoms. The quantitative estimate of drug-likeness (QED) is 0.702. The fourth-order valence-corrected chi connectivity index (χ4v) is 0.944. The highest BCUT2D eigenvalue weighted by molar-refractivity contribution is 4.98. The van der Waals surface area contributed by atoms with E-state index in [-0.39, 0.29) is 0 Å². The predicted octanol–water partition coefficient (Wildman–Crippen LogP) is 0.754. The predicted molar refractivity (Wildman–Crippen MR) is 44.5 cm³/mol. The molecule has 4 heteroatoms. The standard InChI is InChI=1S/C8H14N2O2/c1-3-6(11)7(9)8-10-5(2)4-12-8/h4,6-7,11H,3,9H2,1-2H3. The van der Waals surface area contributed by atoms with Gasteiger partial charge in [0.2, 0.25) is 5.89 Å². The minimum absolute atomic E-state index is 0.404. The van der Waals surface area contributed by atoms with Gasteiger partial charge < -0.3 is 15.3 Å². The van der Waals surface area contributed by atoms with E-state index in [1.807, 2.05) is 13.8 Å². The Morgan fingerprint density at radius 2 is 2.42 bits per heavy atom. The van der Waals surface area contributed by atoms with Gasteiger partial charge in [0.1, 0.15) is 12.3 Å². The minimum Gasteiger partial charge on any atom is -0.447 e. The molecule has 1 rings (SSSR count). The van der Waals surface area contributed by atoms with Crippen LogP contribution in [-0.4, -0.2) is 16.2 Å². The lowest BCUT2D eigenvalue weighted by atomic mass is 10.1. The average molecular weight is 170 g/mol. The zero-order chi connectivity index (χ0) is 9.14. The molecule has 1 aromatic heterocycles. The lowest BCUT2D eigenvalue weighted by Gasteiger charge is -2.12. The van der Waals surface area contributed by atoms with E-state index in [0.717, 1.165) is 5.69 Å². The number of nitrogens with zero attached hydrogens (tertiary/aromatic N) is 1. The first kappa shape index (κ1) is 9.22. The highest BCUT2D eigenvalue weighted by Gasteiger charge is 2.19. The van der Waals surface area contributed by atoms with Crippen molar-refractivity contribution in [1.29, 1.82) is 0 Å². The summed E-state index contributed by atoms with van der Waals surface area (Å²) in [5.41, 5.74) is 6.44. The molecule has 0 bridgehead atoms.